The predicted molar refractivity (Wildman–Crippen MR) is 126 cm³/mol. The van der Waals surface area contributed by atoms with Gasteiger partial charge in [0.2, 0.25) is 0 Å². The maximum absolute atomic E-state index is 11.5. The van der Waals surface area contributed by atoms with Gasteiger partial charge in [0.25, 0.3) is 0 Å². The van der Waals surface area contributed by atoms with Crippen LogP contribution in [0.4, 0.5) is 0 Å². The molecule has 0 aromatic heterocycles. The lowest BCUT2D eigenvalue weighted by Crippen LogP contribution is -2.12. The molecule has 0 aromatic carbocycles. The van der Waals surface area contributed by atoms with Gasteiger partial charge >= 0.3 is 5.97 Å². The van der Waals surface area contributed by atoms with E-state index in [1.54, 1.807) is 0 Å². The molecule has 0 heterocycles. The number of carbonyl (C=O) groups excluding carboxylic acids is 1. The first-order chi connectivity index (χ1) is 15.3. The van der Waals surface area contributed by atoms with Crippen molar-refractivity contribution < 1.29 is 28.5 Å². The Balaban J connectivity index is 3.07. The first-order valence-electron chi connectivity index (χ1n) is 12.8. The molecule has 0 bridgehead atoms. The van der Waals surface area contributed by atoms with Gasteiger partial charge < -0.3 is 23.7 Å². The van der Waals surface area contributed by atoms with Crippen LogP contribution in [0.25, 0.3) is 0 Å². The quantitative estimate of drug-likeness (QED) is 0.125. The van der Waals surface area contributed by atoms with E-state index < -0.39 is 0 Å². The molecule has 0 N–H and O–H groups in total. The third-order valence-electron chi connectivity index (χ3n) is 4.94. The van der Waals surface area contributed by atoms with Gasteiger partial charge in [-0.1, -0.05) is 71.6 Å². The molecule has 0 spiro atoms. The Morgan fingerprint density at radius 3 is 1.39 bits per heavy atom. The Kier molecular flexibility index (Phi) is 26.7. The molecule has 0 aliphatic carbocycles. The van der Waals surface area contributed by atoms with Crippen molar-refractivity contribution in [1.82, 2.24) is 0 Å². The first kappa shape index (κ1) is 30.3. The van der Waals surface area contributed by atoms with Crippen molar-refractivity contribution in [2.24, 2.45) is 0 Å². The van der Waals surface area contributed by atoms with Crippen molar-refractivity contribution >= 4 is 5.97 Å². The summed E-state index contributed by atoms with van der Waals surface area (Å²) in [6.45, 7) is 9.80. The lowest BCUT2D eigenvalue weighted by Gasteiger charge is -2.08. The molecule has 0 radical (unpaired) electrons. The van der Waals surface area contributed by atoms with Crippen LogP contribution in [0.15, 0.2) is 0 Å². The Labute approximate surface area is 191 Å². The van der Waals surface area contributed by atoms with Crippen LogP contribution in [0, 0.1) is 0 Å². The third-order valence-corrected chi connectivity index (χ3v) is 4.94. The maximum Gasteiger partial charge on any atom is 0.305 e. The fraction of sp³-hybridized carbons (Fsp3) is 0.960. The van der Waals surface area contributed by atoms with Crippen molar-refractivity contribution in [3.8, 4) is 0 Å². The van der Waals surface area contributed by atoms with Crippen molar-refractivity contribution in [2.75, 3.05) is 59.5 Å². The second-order valence-electron chi connectivity index (χ2n) is 7.96. The van der Waals surface area contributed by atoms with E-state index in [9.17, 15) is 4.79 Å². The molecule has 0 aliphatic heterocycles. The Hall–Kier alpha value is -0.690. The van der Waals surface area contributed by atoms with E-state index >= 15 is 0 Å². The summed E-state index contributed by atoms with van der Waals surface area (Å²) < 4.78 is 27.2. The predicted octanol–water partition coefficient (Wildman–Crippen LogP) is 5.71. The third kappa shape index (κ3) is 27.3. The van der Waals surface area contributed by atoms with Gasteiger partial charge in [0.05, 0.1) is 46.2 Å². The van der Waals surface area contributed by atoms with Crippen LogP contribution in [0.5, 0.6) is 0 Å². The fourth-order valence-electron chi connectivity index (χ4n) is 3.03. The van der Waals surface area contributed by atoms with Gasteiger partial charge in [0, 0.05) is 19.6 Å². The fourth-order valence-corrected chi connectivity index (χ4v) is 3.03. The Morgan fingerprint density at radius 2 is 0.839 bits per heavy atom. The Morgan fingerprint density at radius 1 is 0.452 bits per heavy atom. The number of ether oxygens (including phenoxy) is 5. The standard InChI is InChI=1S/C25H50O6/c1-3-5-7-8-9-10-11-13-16-27-19-21-29-23-24-30-22-20-28-17-14-15-25(26)31-18-12-6-4-2/h3-24H2,1-2H3. The van der Waals surface area contributed by atoms with E-state index in [-0.39, 0.29) is 5.97 Å². The molecule has 0 amide bonds. The first-order valence-corrected chi connectivity index (χ1v) is 12.8. The van der Waals surface area contributed by atoms with E-state index in [0.717, 1.165) is 32.3 Å². The van der Waals surface area contributed by atoms with E-state index in [1.807, 2.05) is 0 Å². The lowest BCUT2D eigenvalue weighted by atomic mass is 10.1. The summed E-state index contributed by atoms with van der Waals surface area (Å²) in [5.41, 5.74) is 0. The van der Waals surface area contributed by atoms with Crippen LogP contribution in [-0.2, 0) is 28.5 Å². The average Bonchev–Trinajstić information content (AvgIpc) is 2.77. The zero-order valence-corrected chi connectivity index (χ0v) is 20.5. The second kappa shape index (κ2) is 27.3. The molecule has 0 atom stereocenters. The minimum atomic E-state index is -0.130. The van der Waals surface area contributed by atoms with Gasteiger partial charge in [-0.25, -0.2) is 0 Å². The van der Waals surface area contributed by atoms with Crippen LogP contribution < -0.4 is 0 Å². The molecule has 6 heteroatoms. The molecule has 186 valence electrons. The highest BCUT2D eigenvalue weighted by Gasteiger charge is 2.02. The minimum absolute atomic E-state index is 0.130. The van der Waals surface area contributed by atoms with Crippen molar-refractivity contribution in [2.45, 2.75) is 97.3 Å². The zero-order chi connectivity index (χ0) is 22.7. The van der Waals surface area contributed by atoms with Gasteiger partial charge in [-0.05, 0) is 19.3 Å². The van der Waals surface area contributed by atoms with Crippen LogP contribution in [-0.4, -0.2) is 65.4 Å². The van der Waals surface area contributed by atoms with E-state index in [0.29, 0.717) is 65.7 Å². The summed E-state index contributed by atoms with van der Waals surface area (Å²) in [5.74, 6) is -0.130. The summed E-state index contributed by atoms with van der Waals surface area (Å²) >= 11 is 0. The molecule has 0 saturated carbocycles. The van der Waals surface area contributed by atoms with Crippen LogP contribution in [0.3, 0.4) is 0 Å². The normalized spacial score (nSPS) is 11.2. The van der Waals surface area contributed by atoms with Crippen molar-refractivity contribution in [3.63, 3.8) is 0 Å². The molecule has 31 heavy (non-hydrogen) atoms. The largest absolute Gasteiger partial charge is 0.466 e. The number of hydrogen-bond donors (Lipinski definition) is 0. The monoisotopic (exact) mass is 446 g/mol. The number of carbonyl (C=O) groups is 1. The second-order valence-corrected chi connectivity index (χ2v) is 7.96. The van der Waals surface area contributed by atoms with Crippen molar-refractivity contribution in [3.05, 3.63) is 0 Å². The van der Waals surface area contributed by atoms with Gasteiger partial charge in [-0.3, -0.25) is 4.79 Å². The molecular weight excluding hydrogens is 396 g/mol. The number of rotatable bonds is 26. The Bertz CT molecular complexity index is 351. The molecule has 0 fully saturated rings. The highest BCUT2D eigenvalue weighted by Crippen LogP contribution is 2.08. The van der Waals surface area contributed by atoms with Crippen LogP contribution in [0.2, 0.25) is 0 Å². The molecule has 0 aromatic rings. The van der Waals surface area contributed by atoms with Gasteiger partial charge in [-0.15, -0.1) is 0 Å². The van der Waals surface area contributed by atoms with E-state index in [2.05, 4.69) is 13.8 Å². The van der Waals surface area contributed by atoms with Crippen molar-refractivity contribution in [1.29, 1.82) is 0 Å². The highest BCUT2D eigenvalue weighted by molar-refractivity contribution is 5.69. The molecule has 6 nitrogen and oxygen atoms in total. The topological polar surface area (TPSA) is 63.2 Å². The smallest absolute Gasteiger partial charge is 0.305 e. The number of esters is 1. The highest BCUT2D eigenvalue weighted by atomic mass is 16.6. The summed E-state index contributed by atoms with van der Waals surface area (Å²) in [5, 5.41) is 0. The minimum Gasteiger partial charge on any atom is -0.466 e. The molecular formula is C25H50O6. The number of hydrogen-bond acceptors (Lipinski definition) is 6. The van der Waals surface area contributed by atoms with E-state index in [1.165, 1.54) is 44.9 Å². The van der Waals surface area contributed by atoms with Gasteiger partial charge in [-0.2, -0.15) is 0 Å². The molecule has 0 aliphatic rings. The summed E-state index contributed by atoms with van der Waals surface area (Å²) in [6.07, 6.45) is 14.9. The molecule has 0 saturated heterocycles. The maximum atomic E-state index is 11.5. The summed E-state index contributed by atoms with van der Waals surface area (Å²) in [6, 6.07) is 0. The SMILES string of the molecule is CCCCCCCCCCOCCOCCOCCOCCCC(=O)OCCCCC. The lowest BCUT2D eigenvalue weighted by molar-refractivity contribution is -0.144. The molecule has 0 rings (SSSR count). The average molecular weight is 447 g/mol. The van der Waals surface area contributed by atoms with Gasteiger partial charge in [0.1, 0.15) is 0 Å². The molecule has 0 unspecified atom stereocenters. The summed E-state index contributed by atoms with van der Waals surface area (Å²) in [4.78, 5) is 11.5. The van der Waals surface area contributed by atoms with Crippen LogP contribution >= 0.6 is 0 Å². The van der Waals surface area contributed by atoms with Gasteiger partial charge in [0.15, 0.2) is 0 Å². The number of unbranched alkanes of at least 4 members (excludes halogenated alkanes) is 9. The summed E-state index contributed by atoms with van der Waals surface area (Å²) in [7, 11) is 0. The van der Waals surface area contributed by atoms with Crippen LogP contribution in [0.1, 0.15) is 97.3 Å². The zero-order valence-electron chi connectivity index (χ0n) is 20.5. The van der Waals surface area contributed by atoms with E-state index in [4.69, 9.17) is 23.7 Å².